The number of alkyl halides is 3. The summed E-state index contributed by atoms with van der Waals surface area (Å²) in [6.07, 6.45) is -4.40. The molecule has 0 spiro atoms. The fourth-order valence-corrected chi connectivity index (χ4v) is 1.94. The van der Waals surface area contributed by atoms with Crippen LogP contribution in [0.15, 0.2) is 18.2 Å². The number of thiocarbonyl (C=S) groups is 1. The Morgan fingerprint density at radius 2 is 2.05 bits per heavy atom. The van der Waals surface area contributed by atoms with Crippen molar-refractivity contribution in [1.82, 2.24) is 0 Å². The first-order valence-corrected chi connectivity index (χ1v) is 6.05. The van der Waals surface area contributed by atoms with Crippen molar-refractivity contribution in [1.29, 1.82) is 0 Å². The summed E-state index contributed by atoms with van der Waals surface area (Å²) in [5.41, 5.74) is 5.93. The summed E-state index contributed by atoms with van der Waals surface area (Å²) in [4.78, 5) is 0.910. The Balaban J connectivity index is 3.18. The highest BCUT2D eigenvalue weighted by atomic mass is 35.5. The Morgan fingerprint density at radius 1 is 1.42 bits per heavy atom. The zero-order valence-electron chi connectivity index (χ0n) is 9.75. The van der Waals surface area contributed by atoms with E-state index in [1.165, 1.54) is 18.2 Å². The third-order valence-electron chi connectivity index (χ3n) is 2.30. The molecule has 0 radical (unpaired) electrons. The number of hydrogen-bond donors (Lipinski definition) is 2. The van der Waals surface area contributed by atoms with Crippen molar-refractivity contribution in [3.63, 3.8) is 0 Å². The normalized spacial score (nSPS) is 11.4. The van der Waals surface area contributed by atoms with E-state index < -0.39 is 19.3 Å². The van der Waals surface area contributed by atoms with Crippen LogP contribution in [0.1, 0.15) is 5.56 Å². The van der Waals surface area contributed by atoms with Crippen molar-refractivity contribution < 1.29 is 18.3 Å². The zero-order chi connectivity index (χ0) is 14.6. The maximum absolute atomic E-state index is 12.5. The molecule has 0 saturated carbocycles. The van der Waals surface area contributed by atoms with Crippen molar-refractivity contribution in [2.24, 2.45) is 5.73 Å². The first-order chi connectivity index (χ1) is 8.74. The van der Waals surface area contributed by atoms with Gasteiger partial charge in [0, 0.05) is 22.8 Å². The van der Waals surface area contributed by atoms with Gasteiger partial charge in [0.15, 0.2) is 0 Å². The molecule has 1 aromatic carbocycles. The van der Waals surface area contributed by atoms with E-state index in [1.54, 1.807) is 0 Å². The van der Waals surface area contributed by atoms with E-state index in [-0.39, 0.29) is 22.8 Å². The monoisotopic (exact) mass is 312 g/mol. The van der Waals surface area contributed by atoms with Crippen LogP contribution in [0.2, 0.25) is 5.02 Å². The SMILES string of the molecule is NC(=S)c1cc(Cl)ccc1N(CCO)CC(F)(F)F. The van der Waals surface area contributed by atoms with Crippen LogP contribution in [-0.2, 0) is 0 Å². The van der Waals surface area contributed by atoms with Gasteiger partial charge in [-0.15, -0.1) is 0 Å². The van der Waals surface area contributed by atoms with Gasteiger partial charge in [-0.3, -0.25) is 0 Å². The summed E-state index contributed by atoms with van der Waals surface area (Å²) in [6, 6.07) is 4.25. The minimum atomic E-state index is -4.40. The van der Waals surface area contributed by atoms with Gasteiger partial charge in [0.1, 0.15) is 11.5 Å². The number of aliphatic hydroxyl groups excluding tert-OH is 1. The van der Waals surface area contributed by atoms with Gasteiger partial charge in [-0.2, -0.15) is 13.2 Å². The van der Waals surface area contributed by atoms with Gasteiger partial charge in [0.25, 0.3) is 0 Å². The molecule has 0 fully saturated rings. The van der Waals surface area contributed by atoms with Crippen LogP contribution in [0.5, 0.6) is 0 Å². The number of hydrogen-bond acceptors (Lipinski definition) is 3. The molecule has 3 nitrogen and oxygen atoms in total. The van der Waals surface area contributed by atoms with Gasteiger partial charge in [-0.1, -0.05) is 23.8 Å². The fourth-order valence-electron chi connectivity index (χ4n) is 1.60. The topological polar surface area (TPSA) is 49.5 Å². The molecule has 106 valence electrons. The molecule has 0 saturated heterocycles. The molecular weight excluding hydrogens is 301 g/mol. The quantitative estimate of drug-likeness (QED) is 0.819. The molecule has 0 aliphatic heterocycles. The van der Waals surface area contributed by atoms with Crippen molar-refractivity contribution in [3.05, 3.63) is 28.8 Å². The maximum Gasteiger partial charge on any atom is 0.405 e. The first kappa shape index (κ1) is 16.0. The smallest absolute Gasteiger partial charge is 0.395 e. The predicted molar refractivity (Wildman–Crippen MR) is 72.7 cm³/mol. The van der Waals surface area contributed by atoms with Crippen LogP contribution in [0.4, 0.5) is 18.9 Å². The summed E-state index contributed by atoms with van der Waals surface area (Å²) in [6.45, 7) is -1.81. The summed E-state index contributed by atoms with van der Waals surface area (Å²) in [7, 11) is 0. The van der Waals surface area contributed by atoms with E-state index in [1.807, 2.05) is 0 Å². The number of halogens is 4. The lowest BCUT2D eigenvalue weighted by Gasteiger charge is -2.27. The van der Waals surface area contributed by atoms with Crippen LogP contribution < -0.4 is 10.6 Å². The Morgan fingerprint density at radius 3 is 2.53 bits per heavy atom. The number of nitrogens with zero attached hydrogens (tertiary/aromatic N) is 1. The highest BCUT2D eigenvalue weighted by Crippen LogP contribution is 2.27. The van der Waals surface area contributed by atoms with Crippen LogP contribution in [0.3, 0.4) is 0 Å². The molecule has 0 aliphatic rings. The van der Waals surface area contributed by atoms with Crippen LogP contribution in [-0.4, -0.2) is 36.0 Å². The highest BCUT2D eigenvalue weighted by molar-refractivity contribution is 7.80. The van der Waals surface area contributed by atoms with E-state index in [0.29, 0.717) is 5.02 Å². The second kappa shape index (κ2) is 6.40. The average Bonchev–Trinajstić information content (AvgIpc) is 2.26. The zero-order valence-corrected chi connectivity index (χ0v) is 11.3. The summed E-state index contributed by atoms with van der Waals surface area (Å²) < 4.78 is 37.5. The lowest BCUT2D eigenvalue weighted by atomic mass is 10.1. The Labute approximate surface area is 118 Å². The largest absolute Gasteiger partial charge is 0.405 e. The van der Waals surface area contributed by atoms with Crippen molar-refractivity contribution in [2.75, 3.05) is 24.6 Å². The third-order valence-corrected chi connectivity index (χ3v) is 2.76. The Kier molecular flexibility index (Phi) is 5.39. The van der Waals surface area contributed by atoms with Crippen molar-refractivity contribution >= 4 is 34.5 Å². The first-order valence-electron chi connectivity index (χ1n) is 5.26. The predicted octanol–water partition coefficient (Wildman–Crippen LogP) is 2.34. The number of nitrogens with two attached hydrogens (primary N) is 1. The average molecular weight is 313 g/mol. The molecule has 0 amide bonds. The summed E-state index contributed by atoms with van der Waals surface area (Å²) in [5.74, 6) is 0. The van der Waals surface area contributed by atoms with E-state index in [9.17, 15) is 13.2 Å². The molecule has 19 heavy (non-hydrogen) atoms. The van der Waals surface area contributed by atoms with Gasteiger partial charge in [-0.05, 0) is 18.2 Å². The minimum Gasteiger partial charge on any atom is -0.395 e. The van der Waals surface area contributed by atoms with Gasteiger partial charge < -0.3 is 15.7 Å². The number of benzene rings is 1. The molecule has 0 aromatic heterocycles. The summed E-state index contributed by atoms with van der Waals surface area (Å²) in [5, 5.41) is 9.20. The van der Waals surface area contributed by atoms with Crippen LogP contribution >= 0.6 is 23.8 Å². The fraction of sp³-hybridized carbons (Fsp3) is 0.364. The standard InChI is InChI=1S/C11H12ClF3N2OS/c12-7-1-2-9(8(5-7)10(16)19)17(3-4-18)6-11(13,14)15/h1-2,5,18H,3-4,6H2,(H2,16,19). The highest BCUT2D eigenvalue weighted by Gasteiger charge is 2.31. The number of aliphatic hydroxyl groups is 1. The molecule has 0 atom stereocenters. The van der Waals surface area contributed by atoms with Gasteiger partial charge in [0.2, 0.25) is 0 Å². The maximum atomic E-state index is 12.5. The van der Waals surface area contributed by atoms with Gasteiger partial charge in [-0.25, -0.2) is 0 Å². The van der Waals surface area contributed by atoms with E-state index in [2.05, 4.69) is 0 Å². The van der Waals surface area contributed by atoms with Crippen molar-refractivity contribution in [3.8, 4) is 0 Å². The second-order valence-electron chi connectivity index (χ2n) is 3.79. The molecule has 1 aromatic rings. The number of rotatable bonds is 5. The molecule has 0 unspecified atom stereocenters. The lowest BCUT2D eigenvalue weighted by molar-refractivity contribution is -0.119. The second-order valence-corrected chi connectivity index (χ2v) is 4.66. The molecule has 0 heterocycles. The number of anilines is 1. The Hall–Kier alpha value is -1.05. The van der Waals surface area contributed by atoms with Crippen molar-refractivity contribution in [2.45, 2.75) is 6.18 Å². The minimum absolute atomic E-state index is 0.0531. The molecule has 0 aliphatic carbocycles. The molecule has 3 N–H and O–H groups in total. The molecule has 0 bridgehead atoms. The molecule has 8 heteroatoms. The van der Waals surface area contributed by atoms with Crippen LogP contribution in [0.25, 0.3) is 0 Å². The van der Waals surface area contributed by atoms with E-state index >= 15 is 0 Å². The molecule has 1 rings (SSSR count). The summed E-state index contributed by atoms with van der Waals surface area (Å²) >= 11 is 10.6. The lowest BCUT2D eigenvalue weighted by Crippen LogP contribution is -2.37. The van der Waals surface area contributed by atoms with E-state index in [0.717, 1.165) is 4.90 Å². The Bertz CT molecular complexity index is 468. The van der Waals surface area contributed by atoms with E-state index in [4.69, 9.17) is 34.7 Å². The van der Waals surface area contributed by atoms with Crippen LogP contribution in [0, 0.1) is 0 Å². The van der Waals surface area contributed by atoms with Gasteiger partial charge >= 0.3 is 6.18 Å². The van der Waals surface area contributed by atoms with Gasteiger partial charge in [0.05, 0.1) is 6.61 Å². The third kappa shape index (κ3) is 4.85. The molecular formula is C11H12ClF3N2OS.